The largest absolute Gasteiger partial charge is 0.493 e. The first-order valence-electron chi connectivity index (χ1n) is 7.85. The first-order chi connectivity index (χ1) is 10.6. The van der Waals surface area contributed by atoms with Crippen molar-refractivity contribution in [1.29, 1.82) is 0 Å². The van der Waals surface area contributed by atoms with Crippen LogP contribution in [-0.4, -0.2) is 24.3 Å². The molecule has 0 heterocycles. The van der Waals surface area contributed by atoms with E-state index in [1.165, 1.54) is 19.2 Å². The van der Waals surface area contributed by atoms with Crippen LogP contribution in [0.2, 0.25) is 0 Å². The average molecular weight is 308 g/mol. The number of carbonyl (C=O) groups is 1. The number of hydrogen-bond acceptors (Lipinski definition) is 3. The Balaban J connectivity index is 2.13. The van der Waals surface area contributed by atoms with Crippen molar-refractivity contribution in [3.63, 3.8) is 0 Å². The molecule has 4 nitrogen and oxygen atoms in total. The lowest BCUT2D eigenvalue weighted by Gasteiger charge is -2.35. The van der Waals surface area contributed by atoms with E-state index in [0.717, 1.165) is 32.1 Å². The maximum atomic E-state index is 14.0. The van der Waals surface area contributed by atoms with E-state index in [-0.39, 0.29) is 11.9 Å². The Morgan fingerprint density at radius 2 is 1.95 bits per heavy atom. The van der Waals surface area contributed by atoms with Crippen molar-refractivity contribution in [2.24, 2.45) is 0 Å². The van der Waals surface area contributed by atoms with E-state index >= 15 is 0 Å². The van der Waals surface area contributed by atoms with Crippen LogP contribution in [0.5, 0.6) is 11.5 Å². The zero-order chi connectivity index (χ0) is 15.7. The molecule has 0 aliphatic heterocycles. The van der Waals surface area contributed by atoms with Crippen molar-refractivity contribution in [2.45, 2.75) is 56.5 Å². The van der Waals surface area contributed by atoms with Crippen LogP contribution in [0.4, 0.5) is 4.39 Å². The molecule has 0 aromatic heterocycles. The van der Waals surface area contributed by atoms with E-state index < -0.39 is 17.2 Å². The van der Waals surface area contributed by atoms with Crippen molar-refractivity contribution >= 4 is 5.97 Å². The van der Waals surface area contributed by atoms with Crippen molar-refractivity contribution in [2.75, 3.05) is 7.11 Å². The molecule has 2 saturated carbocycles. The normalized spacial score (nSPS) is 20.5. The van der Waals surface area contributed by atoms with Gasteiger partial charge in [-0.1, -0.05) is 19.3 Å². The molecule has 2 aliphatic carbocycles. The Hall–Kier alpha value is -1.78. The van der Waals surface area contributed by atoms with Crippen LogP contribution >= 0.6 is 0 Å². The minimum Gasteiger partial charge on any atom is -0.493 e. The van der Waals surface area contributed by atoms with Crippen LogP contribution in [0.1, 0.15) is 50.5 Å². The highest BCUT2D eigenvalue weighted by Crippen LogP contribution is 2.48. The zero-order valence-corrected chi connectivity index (χ0v) is 12.7. The van der Waals surface area contributed by atoms with Gasteiger partial charge < -0.3 is 14.6 Å². The Morgan fingerprint density at radius 3 is 2.50 bits per heavy atom. The molecule has 1 aromatic carbocycles. The third-order valence-corrected chi connectivity index (χ3v) is 4.68. The number of benzene rings is 1. The SMILES string of the molecule is COc1cc(F)cc(C2(C(=O)O)CCCCC2)c1OC1CC1. The van der Waals surface area contributed by atoms with Gasteiger partial charge in [-0.25, -0.2) is 4.39 Å². The maximum Gasteiger partial charge on any atom is 0.314 e. The van der Waals surface area contributed by atoms with E-state index in [0.29, 0.717) is 24.2 Å². The summed E-state index contributed by atoms with van der Waals surface area (Å²) in [4.78, 5) is 12.0. The van der Waals surface area contributed by atoms with Crippen LogP contribution in [0.3, 0.4) is 0 Å². The third-order valence-electron chi connectivity index (χ3n) is 4.68. The Bertz CT molecular complexity index is 574. The van der Waals surface area contributed by atoms with Crippen LogP contribution < -0.4 is 9.47 Å². The minimum atomic E-state index is -1.07. The lowest BCUT2D eigenvalue weighted by Crippen LogP contribution is -2.38. The lowest BCUT2D eigenvalue weighted by atomic mass is 9.69. The number of carboxylic acids is 1. The molecule has 2 aliphatic rings. The van der Waals surface area contributed by atoms with Crippen molar-refractivity contribution in [1.82, 2.24) is 0 Å². The quantitative estimate of drug-likeness (QED) is 0.902. The van der Waals surface area contributed by atoms with Gasteiger partial charge in [0.2, 0.25) is 0 Å². The van der Waals surface area contributed by atoms with Gasteiger partial charge in [-0.2, -0.15) is 0 Å². The number of halogens is 1. The number of ether oxygens (including phenoxy) is 2. The highest BCUT2D eigenvalue weighted by molar-refractivity contribution is 5.83. The second-order valence-electron chi connectivity index (χ2n) is 6.25. The Morgan fingerprint density at radius 1 is 1.27 bits per heavy atom. The molecule has 120 valence electrons. The second kappa shape index (κ2) is 5.78. The average Bonchev–Trinajstić information content (AvgIpc) is 3.33. The molecule has 0 spiro atoms. The van der Waals surface area contributed by atoms with E-state index in [1.54, 1.807) is 0 Å². The first-order valence-corrected chi connectivity index (χ1v) is 7.85. The second-order valence-corrected chi connectivity index (χ2v) is 6.25. The fraction of sp³-hybridized carbons (Fsp3) is 0.588. The van der Waals surface area contributed by atoms with Gasteiger partial charge in [0.25, 0.3) is 0 Å². The molecule has 2 fully saturated rings. The minimum absolute atomic E-state index is 0.0903. The van der Waals surface area contributed by atoms with Crippen LogP contribution in [0.15, 0.2) is 12.1 Å². The van der Waals surface area contributed by atoms with E-state index in [1.807, 2.05) is 0 Å². The lowest BCUT2D eigenvalue weighted by molar-refractivity contribution is -0.145. The van der Waals surface area contributed by atoms with Gasteiger partial charge in [0.15, 0.2) is 11.5 Å². The smallest absolute Gasteiger partial charge is 0.314 e. The molecule has 0 unspecified atom stereocenters. The molecular weight excluding hydrogens is 287 g/mol. The van der Waals surface area contributed by atoms with E-state index in [4.69, 9.17) is 9.47 Å². The van der Waals surface area contributed by atoms with Crippen molar-refractivity contribution in [3.8, 4) is 11.5 Å². The molecular formula is C17H21FO4. The maximum absolute atomic E-state index is 14.0. The Labute approximate surface area is 129 Å². The molecule has 3 rings (SSSR count). The standard InChI is InChI=1S/C17H21FO4/c1-21-14-10-11(18)9-13(15(14)22-12-5-6-12)17(16(19)20)7-3-2-4-8-17/h9-10,12H,2-8H2,1H3,(H,19,20). The molecule has 0 amide bonds. The van der Waals surface area contributed by atoms with Gasteiger partial charge in [-0.05, 0) is 31.7 Å². The monoisotopic (exact) mass is 308 g/mol. The van der Waals surface area contributed by atoms with E-state index in [2.05, 4.69) is 0 Å². The predicted molar refractivity (Wildman–Crippen MR) is 79.0 cm³/mol. The number of rotatable bonds is 5. The van der Waals surface area contributed by atoms with Crippen molar-refractivity contribution in [3.05, 3.63) is 23.5 Å². The van der Waals surface area contributed by atoms with Gasteiger partial charge >= 0.3 is 5.97 Å². The number of carboxylic acid groups (broad SMARTS) is 1. The molecule has 0 bridgehead atoms. The van der Waals surface area contributed by atoms with Gasteiger partial charge in [0.05, 0.1) is 18.6 Å². The Kier molecular flexibility index (Phi) is 3.98. The van der Waals surface area contributed by atoms with Crippen LogP contribution in [0.25, 0.3) is 0 Å². The molecule has 22 heavy (non-hydrogen) atoms. The molecule has 5 heteroatoms. The van der Waals surface area contributed by atoms with Gasteiger partial charge in [0.1, 0.15) is 5.82 Å². The fourth-order valence-corrected chi connectivity index (χ4v) is 3.30. The summed E-state index contributed by atoms with van der Waals surface area (Å²) >= 11 is 0. The molecule has 1 aromatic rings. The number of aliphatic carboxylic acids is 1. The van der Waals surface area contributed by atoms with Crippen LogP contribution in [0, 0.1) is 5.82 Å². The summed E-state index contributed by atoms with van der Waals surface area (Å²) in [6, 6.07) is 2.58. The summed E-state index contributed by atoms with van der Waals surface area (Å²) in [5.74, 6) is -0.689. The zero-order valence-electron chi connectivity index (χ0n) is 12.7. The third kappa shape index (κ3) is 2.64. The summed E-state index contributed by atoms with van der Waals surface area (Å²) in [5.41, 5.74) is -0.638. The highest BCUT2D eigenvalue weighted by Gasteiger charge is 2.45. The van der Waals surface area contributed by atoms with Crippen LogP contribution in [-0.2, 0) is 10.2 Å². The molecule has 1 N–H and O–H groups in total. The summed E-state index contributed by atoms with van der Waals surface area (Å²) in [7, 11) is 1.45. The first kappa shape index (κ1) is 15.1. The topological polar surface area (TPSA) is 55.8 Å². The predicted octanol–water partition coefficient (Wildman–Crippen LogP) is 3.66. The summed E-state index contributed by atoms with van der Waals surface area (Å²) < 4.78 is 25.2. The summed E-state index contributed by atoms with van der Waals surface area (Å²) in [5, 5.41) is 9.85. The summed E-state index contributed by atoms with van der Waals surface area (Å²) in [6.45, 7) is 0. The molecule has 0 radical (unpaired) electrons. The van der Waals surface area contributed by atoms with Gasteiger partial charge in [-0.3, -0.25) is 4.79 Å². The van der Waals surface area contributed by atoms with Crippen molar-refractivity contribution < 1.29 is 23.8 Å². The molecule has 0 atom stereocenters. The highest BCUT2D eigenvalue weighted by atomic mass is 19.1. The molecule has 0 saturated heterocycles. The van der Waals surface area contributed by atoms with Gasteiger partial charge in [-0.15, -0.1) is 0 Å². The number of hydrogen-bond donors (Lipinski definition) is 1. The summed E-state index contributed by atoms with van der Waals surface area (Å²) in [6.07, 6.45) is 5.67. The van der Waals surface area contributed by atoms with E-state index in [9.17, 15) is 14.3 Å². The fourth-order valence-electron chi connectivity index (χ4n) is 3.30. The number of methoxy groups -OCH3 is 1. The van der Waals surface area contributed by atoms with Gasteiger partial charge in [0, 0.05) is 11.6 Å².